The lowest BCUT2D eigenvalue weighted by Gasteiger charge is -2.32. The molecule has 1 aliphatic heterocycles. The normalized spacial score (nSPS) is 14.4. The summed E-state index contributed by atoms with van der Waals surface area (Å²) in [4.78, 5) is 28.1. The minimum absolute atomic E-state index is 0.0174. The Labute approximate surface area is 182 Å². The molecular formula is C25H28N3O3+. The maximum Gasteiger partial charge on any atom is 0.251 e. The van der Waals surface area contributed by atoms with Crippen molar-refractivity contribution in [1.29, 1.82) is 0 Å². The number of carbonyl (C=O) groups is 2. The average molecular weight is 419 g/mol. The average Bonchev–Trinajstić information content (AvgIpc) is 2.83. The van der Waals surface area contributed by atoms with E-state index in [1.54, 1.807) is 31.4 Å². The van der Waals surface area contributed by atoms with Crippen LogP contribution < -0.4 is 15.0 Å². The van der Waals surface area contributed by atoms with Crippen LogP contribution in [0.3, 0.4) is 0 Å². The molecule has 160 valence electrons. The Morgan fingerprint density at radius 3 is 2.42 bits per heavy atom. The van der Waals surface area contributed by atoms with Crippen LogP contribution in [0.25, 0.3) is 10.8 Å². The molecule has 2 N–H and O–H groups in total. The molecule has 3 aromatic carbocycles. The van der Waals surface area contributed by atoms with Crippen molar-refractivity contribution in [1.82, 2.24) is 10.2 Å². The van der Waals surface area contributed by atoms with Crippen molar-refractivity contribution in [2.45, 2.75) is 6.54 Å². The number of rotatable bonds is 6. The molecule has 0 spiro atoms. The predicted octanol–water partition coefficient (Wildman–Crippen LogP) is 1.51. The van der Waals surface area contributed by atoms with Crippen molar-refractivity contribution < 1.29 is 19.2 Å². The van der Waals surface area contributed by atoms with E-state index in [1.807, 2.05) is 4.90 Å². The molecule has 0 aliphatic carbocycles. The summed E-state index contributed by atoms with van der Waals surface area (Å²) in [5.74, 6) is 0.402. The van der Waals surface area contributed by atoms with Crippen LogP contribution in [-0.2, 0) is 11.3 Å². The SMILES string of the molecule is COc1ccc(C(=O)NCC(=O)N2CC[NH+](Cc3cccc4ccccc34)CC2)cc1. The van der Waals surface area contributed by atoms with E-state index in [4.69, 9.17) is 4.74 Å². The summed E-state index contributed by atoms with van der Waals surface area (Å²) in [7, 11) is 1.58. The third-order valence-corrected chi connectivity index (χ3v) is 5.90. The third-order valence-electron chi connectivity index (χ3n) is 5.90. The number of hydrogen-bond acceptors (Lipinski definition) is 3. The van der Waals surface area contributed by atoms with Gasteiger partial charge in [-0.1, -0.05) is 42.5 Å². The van der Waals surface area contributed by atoms with Crippen molar-refractivity contribution in [3.63, 3.8) is 0 Å². The lowest BCUT2D eigenvalue weighted by atomic mass is 10.0. The van der Waals surface area contributed by atoms with Crippen molar-refractivity contribution >= 4 is 22.6 Å². The Bertz CT molecular complexity index is 1050. The number of amides is 2. The highest BCUT2D eigenvalue weighted by Crippen LogP contribution is 2.17. The molecule has 1 heterocycles. The Morgan fingerprint density at radius 1 is 0.968 bits per heavy atom. The molecule has 0 radical (unpaired) electrons. The largest absolute Gasteiger partial charge is 0.497 e. The maximum absolute atomic E-state index is 12.6. The van der Waals surface area contributed by atoms with Crippen LogP contribution in [0.1, 0.15) is 15.9 Å². The van der Waals surface area contributed by atoms with E-state index in [-0.39, 0.29) is 18.4 Å². The molecule has 0 atom stereocenters. The predicted molar refractivity (Wildman–Crippen MR) is 120 cm³/mol. The van der Waals surface area contributed by atoms with Crippen LogP contribution in [0, 0.1) is 0 Å². The van der Waals surface area contributed by atoms with E-state index >= 15 is 0 Å². The molecule has 6 heteroatoms. The summed E-state index contributed by atoms with van der Waals surface area (Å²) in [5, 5.41) is 5.29. The molecule has 2 amide bonds. The summed E-state index contributed by atoms with van der Waals surface area (Å²) >= 11 is 0. The summed E-state index contributed by atoms with van der Waals surface area (Å²) in [6.07, 6.45) is 0. The molecule has 31 heavy (non-hydrogen) atoms. The van der Waals surface area contributed by atoms with E-state index in [1.165, 1.54) is 21.2 Å². The number of fused-ring (bicyclic) bond motifs is 1. The van der Waals surface area contributed by atoms with Gasteiger partial charge in [-0.25, -0.2) is 0 Å². The van der Waals surface area contributed by atoms with Gasteiger partial charge in [0.15, 0.2) is 0 Å². The van der Waals surface area contributed by atoms with Gasteiger partial charge in [0.2, 0.25) is 5.91 Å². The number of hydrogen-bond donors (Lipinski definition) is 2. The third kappa shape index (κ3) is 5.03. The zero-order chi connectivity index (χ0) is 21.6. The highest BCUT2D eigenvalue weighted by molar-refractivity contribution is 5.96. The van der Waals surface area contributed by atoms with Crippen molar-refractivity contribution in [3.05, 3.63) is 77.9 Å². The zero-order valence-electron chi connectivity index (χ0n) is 17.8. The van der Waals surface area contributed by atoms with Gasteiger partial charge in [-0.15, -0.1) is 0 Å². The summed E-state index contributed by atoms with van der Waals surface area (Å²) in [6, 6.07) is 21.8. The second kappa shape index (κ2) is 9.62. The van der Waals surface area contributed by atoms with E-state index in [0.717, 1.165) is 19.6 Å². The van der Waals surface area contributed by atoms with Gasteiger partial charge in [0.05, 0.1) is 39.8 Å². The number of carbonyl (C=O) groups excluding carboxylic acids is 2. The molecule has 0 unspecified atom stereocenters. The quantitative estimate of drug-likeness (QED) is 0.638. The van der Waals surface area contributed by atoms with Gasteiger partial charge >= 0.3 is 0 Å². The van der Waals surface area contributed by atoms with E-state index < -0.39 is 0 Å². The first kappa shape index (κ1) is 20.9. The highest BCUT2D eigenvalue weighted by Gasteiger charge is 2.24. The molecule has 1 saturated heterocycles. The van der Waals surface area contributed by atoms with Gasteiger partial charge in [-0.3, -0.25) is 9.59 Å². The van der Waals surface area contributed by atoms with Crippen LogP contribution in [0.5, 0.6) is 5.75 Å². The standard InChI is InChI=1S/C25H27N3O3/c1-31-22-11-9-20(10-12-22)25(30)26-17-24(29)28-15-13-27(14-16-28)18-21-7-4-6-19-5-2-3-8-23(19)21/h2-12H,13-18H2,1H3,(H,26,30)/p+1. The van der Waals surface area contributed by atoms with Crippen molar-refractivity contribution in [2.75, 3.05) is 39.8 Å². The van der Waals surface area contributed by atoms with Crippen molar-refractivity contribution in [2.24, 2.45) is 0 Å². The molecule has 0 bridgehead atoms. The Balaban J connectivity index is 1.26. The Kier molecular flexibility index (Phi) is 6.48. The van der Waals surface area contributed by atoms with Crippen LogP contribution in [-0.4, -0.2) is 56.5 Å². The fraction of sp³-hybridized carbons (Fsp3) is 0.280. The lowest BCUT2D eigenvalue weighted by Crippen LogP contribution is -3.13. The zero-order valence-corrected chi connectivity index (χ0v) is 17.8. The van der Waals surface area contributed by atoms with E-state index in [0.29, 0.717) is 24.4 Å². The van der Waals surface area contributed by atoms with Crippen LogP contribution in [0.15, 0.2) is 66.7 Å². The minimum atomic E-state index is -0.254. The summed E-state index contributed by atoms with van der Waals surface area (Å²) < 4.78 is 5.10. The topological polar surface area (TPSA) is 63.1 Å². The van der Waals surface area contributed by atoms with Crippen LogP contribution in [0.4, 0.5) is 0 Å². The van der Waals surface area contributed by atoms with Gasteiger partial charge in [0, 0.05) is 11.1 Å². The number of ether oxygens (including phenoxy) is 1. The van der Waals surface area contributed by atoms with E-state index in [2.05, 4.69) is 47.8 Å². The molecule has 0 aromatic heterocycles. The monoisotopic (exact) mass is 418 g/mol. The minimum Gasteiger partial charge on any atom is -0.497 e. The molecule has 6 nitrogen and oxygen atoms in total. The van der Waals surface area contributed by atoms with E-state index in [9.17, 15) is 9.59 Å². The van der Waals surface area contributed by atoms with Gasteiger partial charge in [-0.2, -0.15) is 0 Å². The van der Waals surface area contributed by atoms with Crippen molar-refractivity contribution in [3.8, 4) is 5.75 Å². The number of piperazine rings is 1. The first-order chi connectivity index (χ1) is 15.1. The summed E-state index contributed by atoms with van der Waals surface area (Å²) in [6.45, 7) is 4.19. The number of nitrogens with one attached hydrogen (secondary N) is 2. The molecule has 1 fully saturated rings. The number of methoxy groups -OCH3 is 1. The Morgan fingerprint density at radius 2 is 1.68 bits per heavy atom. The Hall–Kier alpha value is -3.38. The first-order valence-electron chi connectivity index (χ1n) is 10.6. The fourth-order valence-corrected chi connectivity index (χ4v) is 4.08. The molecule has 1 aliphatic rings. The van der Waals surface area contributed by atoms with Gasteiger partial charge in [0.25, 0.3) is 5.91 Å². The lowest BCUT2D eigenvalue weighted by molar-refractivity contribution is -0.917. The molecule has 0 saturated carbocycles. The smallest absolute Gasteiger partial charge is 0.251 e. The number of benzene rings is 3. The summed E-state index contributed by atoms with van der Waals surface area (Å²) in [5.41, 5.74) is 1.86. The first-order valence-corrected chi connectivity index (χ1v) is 10.6. The number of quaternary nitrogens is 1. The second-order valence-electron chi connectivity index (χ2n) is 7.86. The van der Waals surface area contributed by atoms with Crippen LogP contribution in [0.2, 0.25) is 0 Å². The van der Waals surface area contributed by atoms with Gasteiger partial charge < -0.3 is 19.9 Å². The van der Waals surface area contributed by atoms with Gasteiger partial charge in [-0.05, 0) is 35.0 Å². The molecular weight excluding hydrogens is 390 g/mol. The highest BCUT2D eigenvalue weighted by atomic mass is 16.5. The number of nitrogens with zero attached hydrogens (tertiary/aromatic N) is 1. The molecule has 3 aromatic rings. The fourth-order valence-electron chi connectivity index (χ4n) is 4.08. The maximum atomic E-state index is 12.6. The van der Waals surface area contributed by atoms with Crippen LogP contribution >= 0.6 is 0 Å². The van der Waals surface area contributed by atoms with Gasteiger partial charge in [0.1, 0.15) is 12.3 Å². The molecule has 4 rings (SSSR count). The second-order valence-corrected chi connectivity index (χ2v) is 7.86.